The van der Waals surface area contributed by atoms with E-state index in [1.54, 1.807) is 0 Å². The van der Waals surface area contributed by atoms with Gasteiger partial charge in [-0.05, 0) is 17.7 Å². The number of hydrogen-bond acceptors (Lipinski definition) is 6. The summed E-state index contributed by atoms with van der Waals surface area (Å²) >= 11 is 7.05. The van der Waals surface area contributed by atoms with E-state index in [0.29, 0.717) is 27.2 Å². The van der Waals surface area contributed by atoms with Gasteiger partial charge in [0.2, 0.25) is 0 Å². The fraction of sp³-hybridized carbons (Fsp3) is 0.214. The van der Waals surface area contributed by atoms with Crippen LogP contribution in [0.3, 0.4) is 0 Å². The van der Waals surface area contributed by atoms with Crippen molar-refractivity contribution in [1.29, 1.82) is 0 Å². The Morgan fingerprint density at radius 1 is 1.33 bits per heavy atom. The van der Waals surface area contributed by atoms with Gasteiger partial charge in [-0.3, -0.25) is 0 Å². The minimum absolute atomic E-state index is 0.285. The predicted octanol–water partition coefficient (Wildman–Crippen LogP) is 3.39. The quantitative estimate of drug-likeness (QED) is 0.824. The first-order chi connectivity index (χ1) is 10.1. The van der Waals surface area contributed by atoms with Gasteiger partial charge in [-0.1, -0.05) is 23.7 Å². The maximum absolute atomic E-state index is 11.6. The number of benzene rings is 1. The number of ether oxygens (including phenoxy) is 2. The normalized spacial score (nSPS) is 10.2. The van der Waals surface area contributed by atoms with Crippen LogP contribution >= 0.6 is 22.9 Å². The molecule has 0 bridgehead atoms. The predicted molar refractivity (Wildman–Crippen MR) is 85.4 cm³/mol. The van der Waals surface area contributed by atoms with Gasteiger partial charge in [0.25, 0.3) is 0 Å². The Morgan fingerprint density at radius 3 is 2.57 bits per heavy atom. The van der Waals surface area contributed by atoms with Gasteiger partial charge in [0, 0.05) is 11.6 Å². The summed E-state index contributed by atoms with van der Waals surface area (Å²) in [5.74, 6) is -0.0234. The monoisotopic (exact) mass is 326 g/mol. The van der Waals surface area contributed by atoms with E-state index in [-0.39, 0.29) is 5.69 Å². The molecule has 0 saturated carbocycles. The summed E-state index contributed by atoms with van der Waals surface area (Å²) in [4.78, 5) is 12.0. The fourth-order valence-electron chi connectivity index (χ4n) is 1.78. The molecule has 1 aromatic carbocycles. The molecular formula is C14H15ClN2O3S. The Kier molecular flexibility index (Phi) is 4.93. The highest BCUT2D eigenvalue weighted by atomic mass is 35.5. The summed E-state index contributed by atoms with van der Waals surface area (Å²) in [6.07, 6.45) is 0. The lowest BCUT2D eigenvalue weighted by atomic mass is 10.2. The number of nitrogens with two attached hydrogens (primary N) is 1. The van der Waals surface area contributed by atoms with Gasteiger partial charge in [0.1, 0.15) is 15.6 Å². The zero-order chi connectivity index (χ0) is 15.4. The number of thiophene rings is 1. The number of carbonyl (C=O) groups excluding carboxylic acids is 1. The minimum atomic E-state index is -0.477. The molecule has 0 radical (unpaired) electrons. The zero-order valence-corrected chi connectivity index (χ0v) is 13.2. The molecule has 21 heavy (non-hydrogen) atoms. The van der Waals surface area contributed by atoms with Gasteiger partial charge in [-0.25, -0.2) is 4.79 Å². The van der Waals surface area contributed by atoms with Crippen LogP contribution in [0.2, 0.25) is 5.02 Å². The summed E-state index contributed by atoms with van der Waals surface area (Å²) in [7, 11) is 2.82. The largest absolute Gasteiger partial charge is 0.492 e. The lowest BCUT2D eigenvalue weighted by molar-refractivity contribution is 0.0607. The molecule has 0 atom stereocenters. The Morgan fingerprint density at radius 2 is 2.00 bits per heavy atom. The number of halogens is 1. The van der Waals surface area contributed by atoms with E-state index in [1.807, 2.05) is 24.3 Å². The first-order valence-electron chi connectivity index (χ1n) is 6.09. The molecule has 112 valence electrons. The molecule has 0 aliphatic rings. The fourth-order valence-corrected chi connectivity index (χ4v) is 2.91. The molecule has 2 aromatic rings. The SMILES string of the molecule is COC(=O)c1sc(NCc2ccc(Cl)cc2)c(OC)c1N. The summed E-state index contributed by atoms with van der Waals surface area (Å²) in [6.45, 7) is 0.564. The van der Waals surface area contributed by atoms with E-state index in [4.69, 9.17) is 26.8 Å². The standard InChI is InChI=1S/C14H15ClN2O3S/c1-19-11-10(16)12(14(18)20-2)21-13(11)17-7-8-3-5-9(15)6-4-8/h3-6,17H,7,16H2,1-2H3. The van der Waals surface area contributed by atoms with Crippen molar-refractivity contribution < 1.29 is 14.3 Å². The topological polar surface area (TPSA) is 73.6 Å². The molecule has 0 amide bonds. The molecule has 5 nitrogen and oxygen atoms in total. The van der Waals surface area contributed by atoms with E-state index in [1.165, 1.54) is 25.6 Å². The van der Waals surface area contributed by atoms with Crippen LogP contribution in [-0.4, -0.2) is 20.2 Å². The average molecular weight is 327 g/mol. The van der Waals surface area contributed by atoms with Gasteiger partial charge in [-0.15, -0.1) is 11.3 Å². The van der Waals surface area contributed by atoms with Crippen molar-refractivity contribution in [1.82, 2.24) is 0 Å². The van der Waals surface area contributed by atoms with Crippen LogP contribution < -0.4 is 15.8 Å². The molecule has 1 heterocycles. The lowest BCUT2D eigenvalue weighted by Gasteiger charge is -2.07. The highest BCUT2D eigenvalue weighted by Crippen LogP contribution is 2.42. The van der Waals surface area contributed by atoms with Crippen LogP contribution in [0, 0.1) is 0 Å². The molecule has 1 aromatic heterocycles. The first kappa shape index (κ1) is 15.5. The number of hydrogen-bond donors (Lipinski definition) is 2. The Balaban J connectivity index is 2.19. The first-order valence-corrected chi connectivity index (χ1v) is 7.29. The van der Waals surface area contributed by atoms with Crippen molar-refractivity contribution in [2.75, 3.05) is 25.3 Å². The van der Waals surface area contributed by atoms with Crippen molar-refractivity contribution in [3.05, 3.63) is 39.7 Å². The number of carbonyl (C=O) groups is 1. The van der Waals surface area contributed by atoms with Crippen molar-refractivity contribution in [3.63, 3.8) is 0 Å². The van der Waals surface area contributed by atoms with Crippen molar-refractivity contribution in [3.8, 4) is 5.75 Å². The van der Waals surface area contributed by atoms with Gasteiger partial charge in [0.05, 0.1) is 14.2 Å². The number of esters is 1. The Hall–Kier alpha value is -1.92. The second-order valence-corrected chi connectivity index (χ2v) is 5.64. The molecule has 0 aliphatic carbocycles. The molecule has 0 spiro atoms. The number of nitrogen functional groups attached to an aromatic ring is 1. The third-order valence-electron chi connectivity index (χ3n) is 2.84. The van der Waals surface area contributed by atoms with Crippen molar-refractivity contribution >= 4 is 39.6 Å². The molecule has 0 unspecified atom stereocenters. The highest BCUT2D eigenvalue weighted by Gasteiger charge is 2.22. The summed E-state index contributed by atoms with van der Waals surface area (Å²) in [5.41, 5.74) is 7.24. The van der Waals surface area contributed by atoms with Crippen molar-refractivity contribution in [2.24, 2.45) is 0 Å². The van der Waals surface area contributed by atoms with Gasteiger partial charge in [0.15, 0.2) is 5.75 Å². The van der Waals surface area contributed by atoms with Gasteiger partial charge < -0.3 is 20.5 Å². The number of anilines is 2. The van der Waals surface area contributed by atoms with E-state index in [9.17, 15) is 4.79 Å². The second-order valence-electron chi connectivity index (χ2n) is 4.18. The van der Waals surface area contributed by atoms with Crippen LogP contribution in [0.15, 0.2) is 24.3 Å². The minimum Gasteiger partial charge on any atom is -0.492 e. The van der Waals surface area contributed by atoms with Crippen LogP contribution in [0.25, 0.3) is 0 Å². The number of nitrogens with one attached hydrogen (secondary N) is 1. The summed E-state index contributed by atoms with van der Waals surface area (Å²) < 4.78 is 9.95. The van der Waals surface area contributed by atoms with Crippen molar-refractivity contribution in [2.45, 2.75) is 6.54 Å². The average Bonchev–Trinajstić information content (AvgIpc) is 2.82. The maximum atomic E-state index is 11.6. The highest BCUT2D eigenvalue weighted by molar-refractivity contribution is 7.19. The maximum Gasteiger partial charge on any atom is 0.350 e. The summed E-state index contributed by atoms with van der Waals surface area (Å²) in [6, 6.07) is 7.47. The van der Waals surface area contributed by atoms with Gasteiger partial charge >= 0.3 is 5.97 Å². The summed E-state index contributed by atoms with van der Waals surface area (Å²) in [5, 5.41) is 4.57. The third-order valence-corrected chi connectivity index (χ3v) is 4.22. The van der Waals surface area contributed by atoms with E-state index < -0.39 is 5.97 Å². The molecule has 3 N–H and O–H groups in total. The van der Waals surface area contributed by atoms with E-state index >= 15 is 0 Å². The van der Waals surface area contributed by atoms with Crippen LogP contribution in [0.1, 0.15) is 15.2 Å². The molecular weight excluding hydrogens is 312 g/mol. The molecule has 0 aliphatic heterocycles. The molecule has 0 saturated heterocycles. The smallest absolute Gasteiger partial charge is 0.350 e. The van der Waals surface area contributed by atoms with Crippen LogP contribution in [-0.2, 0) is 11.3 Å². The van der Waals surface area contributed by atoms with Crippen LogP contribution in [0.5, 0.6) is 5.75 Å². The van der Waals surface area contributed by atoms with E-state index in [2.05, 4.69) is 5.32 Å². The van der Waals surface area contributed by atoms with Gasteiger partial charge in [-0.2, -0.15) is 0 Å². The number of rotatable bonds is 5. The zero-order valence-electron chi connectivity index (χ0n) is 11.6. The van der Waals surface area contributed by atoms with E-state index in [0.717, 1.165) is 5.56 Å². The van der Waals surface area contributed by atoms with Crippen LogP contribution in [0.4, 0.5) is 10.7 Å². The molecule has 0 fully saturated rings. The lowest BCUT2D eigenvalue weighted by Crippen LogP contribution is -2.02. The second kappa shape index (κ2) is 6.69. The Bertz CT molecular complexity index is 640. The molecule has 2 rings (SSSR count). The molecule has 7 heteroatoms. The third kappa shape index (κ3) is 3.40. The number of methoxy groups -OCH3 is 2. The Labute approximate surface area is 131 Å².